The highest BCUT2D eigenvalue weighted by atomic mass is 16.1. The number of carbonyl (C=O) groups is 1. The van der Waals surface area contributed by atoms with Crippen molar-refractivity contribution in [2.45, 2.75) is 19.8 Å². The van der Waals surface area contributed by atoms with Gasteiger partial charge in [-0.1, -0.05) is 19.1 Å². The Morgan fingerprint density at radius 3 is 2.74 bits per heavy atom. The number of benzene rings is 2. The normalized spacial score (nSPS) is 16.7. The van der Waals surface area contributed by atoms with Gasteiger partial charge < -0.3 is 15.5 Å². The molecule has 2 N–H and O–H groups in total. The van der Waals surface area contributed by atoms with Crippen LogP contribution in [0.4, 0.5) is 17.2 Å². The van der Waals surface area contributed by atoms with Gasteiger partial charge in [0, 0.05) is 30.9 Å². The Hall–Kier alpha value is -3.59. The maximum atomic E-state index is 12.3. The van der Waals surface area contributed by atoms with Gasteiger partial charge >= 0.3 is 0 Å². The number of amides is 1. The third-order valence-electron chi connectivity index (χ3n) is 5.62. The second kappa shape index (κ2) is 8.27. The molecule has 1 atom stereocenters. The smallest absolute Gasteiger partial charge is 0.225 e. The molecule has 2 aromatic carbocycles. The first-order valence-electron chi connectivity index (χ1n) is 10.5. The topological polar surface area (TPSA) is 100 Å². The highest BCUT2D eigenvalue weighted by Crippen LogP contribution is 2.23. The van der Waals surface area contributed by atoms with Crippen LogP contribution < -0.4 is 10.6 Å². The number of anilines is 3. The maximum absolute atomic E-state index is 12.3. The van der Waals surface area contributed by atoms with Gasteiger partial charge in [-0.25, -0.2) is 4.98 Å². The second-order valence-corrected chi connectivity index (χ2v) is 8.06. The fourth-order valence-electron chi connectivity index (χ4n) is 3.98. The lowest BCUT2D eigenvalue weighted by atomic mass is 10.2. The van der Waals surface area contributed by atoms with Gasteiger partial charge in [-0.05, 0) is 65.7 Å². The van der Waals surface area contributed by atoms with Gasteiger partial charge in [0.2, 0.25) is 11.6 Å². The minimum absolute atomic E-state index is 0.0349. The number of carbonyl (C=O) groups excluding carboxylic acids is 1. The quantitative estimate of drug-likeness (QED) is 0.498. The molecule has 1 fully saturated rings. The highest BCUT2D eigenvalue weighted by molar-refractivity contribution is 5.91. The van der Waals surface area contributed by atoms with Crippen molar-refractivity contribution in [2.24, 2.45) is 5.92 Å². The van der Waals surface area contributed by atoms with Crippen molar-refractivity contribution < 1.29 is 4.79 Å². The SMILES string of the molecule is CC1CCN(CCC(=O)Nc2ccc(Nc3nc4ccccc4n4nnnc34)cc2)C1. The summed E-state index contributed by atoms with van der Waals surface area (Å²) in [5.74, 6) is 1.34. The zero-order chi connectivity index (χ0) is 21.2. The summed E-state index contributed by atoms with van der Waals surface area (Å²) in [6, 6.07) is 15.2. The molecule has 3 heterocycles. The van der Waals surface area contributed by atoms with Crippen molar-refractivity contribution in [3.05, 3.63) is 48.5 Å². The van der Waals surface area contributed by atoms with Gasteiger partial charge in [-0.3, -0.25) is 4.79 Å². The predicted octanol–water partition coefficient (Wildman–Crippen LogP) is 3.09. The molecule has 0 radical (unpaired) electrons. The number of aromatic nitrogens is 5. The first-order valence-corrected chi connectivity index (χ1v) is 10.5. The summed E-state index contributed by atoms with van der Waals surface area (Å²) in [4.78, 5) is 19.3. The van der Waals surface area contributed by atoms with Crippen molar-refractivity contribution in [1.82, 2.24) is 29.9 Å². The lowest BCUT2D eigenvalue weighted by molar-refractivity contribution is -0.116. The van der Waals surface area contributed by atoms with Crippen molar-refractivity contribution in [3.63, 3.8) is 0 Å². The molecule has 1 aliphatic rings. The van der Waals surface area contributed by atoms with E-state index in [2.05, 4.69) is 43.0 Å². The number of fused-ring (bicyclic) bond motifs is 3. The number of rotatable bonds is 6. The number of hydrogen-bond acceptors (Lipinski definition) is 7. The third kappa shape index (κ3) is 4.17. The number of nitrogens with one attached hydrogen (secondary N) is 2. The molecule has 9 heteroatoms. The van der Waals surface area contributed by atoms with Crippen LogP contribution in [-0.2, 0) is 4.79 Å². The van der Waals surface area contributed by atoms with Gasteiger partial charge in [0.1, 0.15) is 0 Å². The molecule has 158 valence electrons. The largest absolute Gasteiger partial charge is 0.337 e. The summed E-state index contributed by atoms with van der Waals surface area (Å²) in [7, 11) is 0. The van der Waals surface area contributed by atoms with E-state index in [1.54, 1.807) is 4.52 Å². The van der Waals surface area contributed by atoms with E-state index in [0.29, 0.717) is 17.9 Å². The Balaban J connectivity index is 1.25. The predicted molar refractivity (Wildman–Crippen MR) is 119 cm³/mol. The molecule has 0 saturated carbocycles. The van der Waals surface area contributed by atoms with E-state index in [0.717, 1.165) is 48.0 Å². The van der Waals surface area contributed by atoms with Crippen LogP contribution in [0.2, 0.25) is 0 Å². The first kappa shape index (κ1) is 19.4. The molecule has 0 bridgehead atoms. The van der Waals surface area contributed by atoms with Gasteiger partial charge in [-0.2, -0.15) is 4.52 Å². The van der Waals surface area contributed by atoms with Crippen LogP contribution in [-0.4, -0.2) is 55.5 Å². The van der Waals surface area contributed by atoms with Crippen molar-refractivity contribution in [2.75, 3.05) is 30.3 Å². The molecule has 1 unspecified atom stereocenters. The molecule has 0 spiro atoms. The fourth-order valence-corrected chi connectivity index (χ4v) is 3.98. The molecule has 2 aromatic heterocycles. The van der Waals surface area contributed by atoms with E-state index in [-0.39, 0.29) is 5.91 Å². The lowest BCUT2D eigenvalue weighted by Crippen LogP contribution is -2.25. The Morgan fingerprint density at radius 2 is 1.94 bits per heavy atom. The number of nitrogens with zero attached hydrogens (tertiary/aromatic N) is 6. The summed E-state index contributed by atoms with van der Waals surface area (Å²) < 4.78 is 1.67. The molecule has 0 aliphatic carbocycles. The van der Waals surface area contributed by atoms with Crippen LogP contribution in [0.1, 0.15) is 19.8 Å². The first-order chi connectivity index (χ1) is 15.2. The van der Waals surface area contributed by atoms with Crippen LogP contribution in [0.25, 0.3) is 16.7 Å². The zero-order valence-corrected chi connectivity index (χ0v) is 17.3. The Kier molecular flexibility index (Phi) is 5.17. The Bertz CT molecular complexity index is 1220. The number of likely N-dealkylation sites (tertiary alicyclic amines) is 1. The molecule has 9 nitrogen and oxygen atoms in total. The lowest BCUT2D eigenvalue weighted by Gasteiger charge is -2.15. The van der Waals surface area contributed by atoms with E-state index in [1.165, 1.54) is 6.42 Å². The van der Waals surface area contributed by atoms with Crippen molar-refractivity contribution >= 4 is 39.8 Å². The minimum atomic E-state index is 0.0349. The van der Waals surface area contributed by atoms with E-state index in [4.69, 9.17) is 0 Å². The Morgan fingerprint density at radius 1 is 1.13 bits per heavy atom. The molecule has 31 heavy (non-hydrogen) atoms. The third-order valence-corrected chi connectivity index (χ3v) is 5.62. The molecule has 1 saturated heterocycles. The van der Waals surface area contributed by atoms with E-state index in [9.17, 15) is 4.79 Å². The maximum Gasteiger partial charge on any atom is 0.225 e. The highest BCUT2D eigenvalue weighted by Gasteiger charge is 2.19. The Labute approximate surface area is 179 Å². The summed E-state index contributed by atoms with van der Waals surface area (Å²) in [6.07, 6.45) is 1.73. The molecule has 1 amide bonds. The zero-order valence-electron chi connectivity index (χ0n) is 17.3. The summed E-state index contributed by atoms with van der Waals surface area (Å²) in [5, 5.41) is 18.2. The van der Waals surface area contributed by atoms with Gasteiger partial charge in [0.25, 0.3) is 0 Å². The number of tetrazole rings is 1. The van der Waals surface area contributed by atoms with Gasteiger partial charge in [0.05, 0.1) is 11.0 Å². The average molecular weight is 416 g/mol. The minimum Gasteiger partial charge on any atom is -0.337 e. The van der Waals surface area contributed by atoms with Gasteiger partial charge in [-0.15, -0.1) is 5.10 Å². The molecule has 5 rings (SSSR count). The summed E-state index contributed by atoms with van der Waals surface area (Å²) >= 11 is 0. The van der Waals surface area contributed by atoms with E-state index in [1.807, 2.05) is 48.5 Å². The van der Waals surface area contributed by atoms with Crippen molar-refractivity contribution in [1.29, 1.82) is 0 Å². The summed E-state index contributed by atoms with van der Waals surface area (Å²) in [5.41, 5.74) is 3.78. The average Bonchev–Trinajstić information content (AvgIpc) is 3.43. The van der Waals surface area contributed by atoms with E-state index >= 15 is 0 Å². The standard InChI is InChI=1S/C22H24N8O/c1-15-10-12-29(14-15)13-11-20(31)23-16-6-8-17(9-7-16)24-21-22-26-27-28-30(22)19-5-3-2-4-18(19)25-21/h2-9,15H,10-14H2,1H3,(H,23,31)(H,24,25). The fraction of sp³-hybridized carbons (Fsp3) is 0.318. The second-order valence-electron chi connectivity index (χ2n) is 8.06. The van der Waals surface area contributed by atoms with Crippen LogP contribution in [0.3, 0.4) is 0 Å². The van der Waals surface area contributed by atoms with Crippen LogP contribution in [0.5, 0.6) is 0 Å². The number of para-hydroxylation sites is 2. The molecule has 1 aliphatic heterocycles. The van der Waals surface area contributed by atoms with Crippen molar-refractivity contribution in [3.8, 4) is 0 Å². The molecular weight excluding hydrogens is 392 g/mol. The van der Waals surface area contributed by atoms with Gasteiger partial charge in [0.15, 0.2) is 5.82 Å². The van der Waals surface area contributed by atoms with Crippen LogP contribution in [0.15, 0.2) is 48.5 Å². The molecular formula is C22H24N8O. The van der Waals surface area contributed by atoms with E-state index < -0.39 is 0 Å². The summed E-state index contributed by atoms with van der Waals surface area (Å²) in [6.45, 7) is 5.25. The van der Waals surface area contributed by atoms with Crippen LogP contribution in [0, 0.1) is 5.92 Å². The molecule has 4 aromatic rings. The monoisotopic (exact) mass is 416 g/mol. The number of hydrogen-bond donors (Lipinski definition) is 2. The van der Waals surface area contributed by atoms with Crippen LogP contribution >= 0.6 is 0 Å².